The first-order chi connectivity index (χ1) is 8.76. The number of methoxy groups -OCH3 is 1. The Labute approximate surface area is 112 Å². The molecular weight excluding hydrogens is 222 g/mol. The predicted molar refractivity (Wildman–Crippen MR) is 77.9 cm³/mol. The summed E-state index contributed by atoms with van der Waals surface area (Å²) in [6, 6.07) is 9.42. The van der Waals surface area contributed by atoms with Crippen LogP contribution in [0, 0.1) is 5.92 Å². The molecule has 0 heterocycles. The third-order valence-corrected chi connectivity index (χ3v) is 3.76. The van der Waals surface area contributed by atoms with Crippen LogP contribution in [0.1, 0.15) is 43.9 Å². The van der Waals surface area contributed by atoms with E-state index >= 15 is 0 Å². The second-order valence-electron chi connectivity index (χ2n) is 4.83. The van der Waals surface area contributed by atoms with Crippen molar-refractivity contribution in [2.24, 2.45) is 5.92 Å². The van der Waals surface area contributed by atoms with Gasteiger partial charge in [0.1, 0.15) is 0 Å². The van der Waals surface area contributed by atoms with Crippen molar-refractivity contribution in [1.82, 2.24) is 5.32 Å². The molecule has 0 bridgehead atoms. The molecule has 0 aromatic heterocycles. The number of ether oxygens (including phenoxy) is 1. The topological polar surface area (TPSA) is 21.3 Å². The molecule has 18 heavy (non-hydrogen) atoms. The summed E-state index contributed by atoms with van der Waals surface area (Å²) in [5.41, 5.74) is 2.74. The molecule has 1 N–H and O–H groups in total. The fourth-order valence-electron chi connectivity index (χ4n) is 2.55. The van der Waals surface area contributed by atoms with Gasteiger partial charge in [0.25, 0.3) is 0 Å². The van der Waals surface area contributed by atoms with E-state index in [1.54, 1.807) is 7.11 Å². The van der Waals surface area contributed by atoms with Crippen LogP contribution in [-0.2, 0) is 11.2 Å². The largest absolute Gasteiger partial charge is 0.384 e. The van der Waals surface area contributed by atoms with Crippen LogP contribution in [-0.4, -0.2) is 20.8 Å². The molecule has 0 radical (unpaired) electrons. The highest BCUT2D eigenvalue weighted by molar-refractivity contribution is 5.25. The summed E-state index contributed by atoms with van der Waals surface area (Å²) < 4.78 is 5.11. The van der Waals surface area contributed by atoms with Crippen LogP contribution >= 0.6 is 0 Å². The smallest absolute Gasteiger partial charge is 0.0502 e. The summed E-state index contributed by atoms with van der Waals surface area (Å²) >= 11 is 0. The third-order valence-electron chi connectivity index (χ3n) is 3.76. The monoisotopic (exact) mass is 249 g/mol. The van der Waals surface area contributed by atoms with E-state index in [-0.39, 0.29) is 0 Å². The summed E-state index contributed by atoms with van der Waals surface area (Å²) in [5.74, 6) is 0.708. The highest BCUT2D eigenvalue weighted by Gasteiger charge is 2.18. The lowest BCUT2D eigenvalue weighted by molar-refractivity contribution is 0.202. The highest BCUT2D eigenvalue weighted by Crippen LogP contribution is 2.27. The zero-order chi connectivity index (χ0) is 13.4. The lowest BCUT2D eigenvalue weighted by Gasteiger charge is -2.25. The summed E-state index contributed by atoms with van der Waals surface area (Å²) in [5, 5.41) is 3.46. The number of hydrogen-bond donors (Lipinski definition) is 1. The highest BCUT2D eigenvalue weighted by atomic mass is 16.5. The Morgan fingerprint density at radius 1 is 1.11 bits per heavy atom. The Morgan fingerprint density at radius 3 is 2.17 bits per heavy atom. The van der Waals surface area contributed by atoms with Gasteiger partial charge < -0.3 is 10.1 Å². The molecule has 0 aliphatic carbocycles. The zero-order valence-electron chi connectivity index (χ0n) is 12.2. The molecule has 0 aliphatic heterocycles. The first kappa shape index (κ1) is 15.2. The van der Waals surface area contributed by atoms with Gasteiger partial charge in [0.15, 0.2) is 0 Å². The SMILES string of the molecule is CCC(CC)C(NC)c1ccc(CCOC)cc1. The number of nitrogens with one attached hydrogen (secondary N) is 1. The second-order valence-corrected chi connectivity index (χ2v) is 4.83. The maximum Gasteiger partial charge on any atom is 0.0502 e. The molecule has 0 spiro atoms. The molecule has 102 valence electrons. The summed E-state index contributed by atoms with van der Waals surface area (Å²) in [6.07, 6.45) is 3.42. The molecule has 1 rings (SSSR count). The molecule has 0 aliphatic rings. The zero-order valence-corrected chi connectivity index (χ0v) is 12.2. The second kappa shape index (κ2) is 8.28. The average Bonchev–Trinajstić information content (AvgIpc) is 2.43. The molecule has 0 amide bonds. The minimum absolute atomic E-state index is 0.469. The molecular formula is C16H27NO. The van der Waals surface area contributed by atoms with E-state index in [1.807, 2.05) is 0 Å². The maximum atomic E-state index is 5.11. The molecule has 1 aromatic rings. The van der Waals surface area contributed by atoms with Gasteiger partial charge in [0.05, 0.1) is 6.61 Å². The third kappa shape index (κ3) is 4.11. The Hall–Kier alpha value is -0.860. The normalized spacial score (nSPS) is 12.9. The van der Waals surface area contributed by atoms with Crippen molar-refractivity contribution in [3.05, 3.63) is 35.4 Å². The van der Waals surface area contributed by atoms with Gasteiger partial charge in [-0.3, -0.25) is 0 Å². The quantitative estimate of drug-likeness (QED) is 0.760. The lowest BCUT2D eigenvalue weighted by Crippen LogP contribution is -2.24. The summed E-state index contributed by atoms with van der Waals surface area (Å²) in [4.78, 5) is 0. The van der Waals surface area contributed by atoms with Gasteiger partial charge in [-0.1, -0.05) is 51.0 Å². The van der Waals surface area contributed by atoms with E-state index in [1.165, 1.54) is 24.0 Å². The van der Waals surface area contributed by atoms with Gasteiger partial charge in [0.2, 0.25) is 0 Å². The standard InChI is InChI=1S/C16H27NO/c1-5-14(6-2)16(17-3)15-9-7-13(8-10-15)11-12-18-4/h7-10,14,16-17H,5-6,11-12H2,1-4H3. The Bertz CT molecular complexity index is 316. The molecule has 0 saturated heterocycles. The van der Waals surface area contributed by atoms with Crippen molar-refractivity contribution in [1.29, 1.82) is 0 Å². The minimum atomic E-state index is 0.469. The van der Waals surface area contributed by atoms with Crippen molar-refractivity contribution in [3.63, 3.8) is 0 Å². The molecule has 0 saturated carbocycles. The van der Waals surface area contributed by atoms with E-state index in [0.29, 0.717) is 12.0 Å². The Kier molecular flexibility index (Phi) is 6.99. The van der Waals surface area contributed by atoms with Gasteiger partial charge in [-0.2, -0.15) is 0 Å². The maximum absolute atomic E-state index is 5.11. The summed E-state index contributed by atoms with van der Waals surface area (Å²) in [7, 11) is 3.81. The molecule has 2 nitrogen and oxygen atoms in total. The predicted octanol–water partition coefficient (Wildman–Crippen LogP) is 3.57. The minimum Gasteiger partial charge on any atom is -0.384 e. The van der Waals surface area contributed by atoms with E-state index in [0.717, 1.165) is 13.0 Å². The Balaban J connectivity index is 2.74. The van der Waals surface area contributed by atoms with Gasteiger partial charge in [-0.05, 0) is 30.5 Å². The fraction of sp³-hybridized carbons (Fsp3) is 0.625. The first-order valence-corrected chi connectivity index (χ1v) is 7.01. The van der Waals surface area contributed by atoms with Crippen LogP contribution in [0.25, 0.3) is 0 Å². The lowest BCUT2D eigenvalue weighted by atomic mass is 9.88. The molecule has 0 fully saturated rings. The van der Waals surface area contributed by atoms with E-state index < -0.39 is 0 Å². The fourth-order valence-corrected chi connectivity index (χ4v) is 2.55. The van der Waals surface area contributed by atoms with Crippen LogP contribution in [0.4, 0.5) is 0 Å². The van der Waals surface area contributed by atoms with E-state index in [4.69, 9.17) is 4.74 Å². The van der Waals surface area contributed by atoms with Crippen LogP contribution < -0.4 is 5.32 Å². The van der Waals surface area contributed by atoms with Crippen LogP contribution in [0.15, 0.2) is 24.3 Å². The van der Waals surface area contributed by atoms with Gasteiger partial charge in [0, 0.05) is 13.2 Å². The van der Waals surface area contributed by atoms with Gasteiger partial charge in [-0.15, -0.1) is 0 Å². The van der Waals surface area contributed by atoms with Crippen LogP contribution in [0.2, 0.25) is 0 Å². The Morgan fingerprint density at radius 2 is 1.72 bits per heavy atom. The van der Waals surface area contributed by atoms with Gasteiger partial charge >= 0.3 is 0 Å². The van der Waals surface area contributed by atoms with E-state index in [9.17, 15) is 0 Å². The number of hydrogen-bond acceptors (Lipinski definition) is 2. The van der Waals surface area contributed by atoms with Crippen molar-refractivity contribution in [2.75, 3.05) is 20.8 Å². The molecule has 1 unspecified atom stereocenters. The first-order valence-electron chi connectivity index (χ1n) is 7.01. The average molecular weight is 249 g/mol. The van der Waals surface area contributed by atoms with Crippen molar-refractivity contribution >= 4 is 0 Å². The van der Waals surface area contributed by atoms with E-state index in [2.05, 4.69) is 50.5 Å². The van der Waals surface area contributed by atoms with Crippen molar-refractivity contribution in [3.8, 4) is 0 Å². The van der Waals surface area contributed by atoms with Gasteiger partial charge in [-0.25, -0.2) is 0 Å². The number of benzene rings is 1. The molecule has 1 atom stereocenters. The molecule has 2 heteroatoms. The van der Waals surface area contributed by atoms with Crippen molar-refractivity contribution in [2.45, 2.75) is 39.2 Å². The summed E-state index contributed by atoms with van der Waals surface area (Å²) in [6.45, 7) is 5.33. The number of rotatable bonds is 8. The van der Waals surface area contributed by atoms with Crippen LogP contribution in [0.5, 0.6) is 0 Å². The van der Waals surface area contributed by atoms with Crippen molar-refractivity contribution < 1.29 is 4.74 Å². The molecule has 1 aromatic carbocycles. The van der Waals surface area contributed by atoms with Crippen LogP contribution in [0.3, 0.4) is 0 Å².